The second kappa shape index (κ2) is 11.0. The van der Waals surface area contributed by atoms with Crippen LogP contribution in [0.3, 0.4) is 0 Å². The van der Waals surface area contributed by atoms with E-state index < -0.39 is 10.1 Å². The van der Waals surface area contributed by atoms with Crippen molar-refractivity contribution < 1.29 is 17.2 Å². The zero-order valence-electron chi connectivity index (χ0n) is 21.1. The summed E-state index contributed by atoms with van der Waals surface area (Å²) in [5.41, 5.74) is 4.79. The highest BCUT2D eigenvalue weighted by molar-refractivity contribution is 8.03. The molecule has 0 saturated heterocycles. The Morgan fingerprint density at radius 2 is 1.71 bits per heavy atom. The predicted octanol–water partition coefficient (Wildman–Crippen LogP) is 6.42. The molecule has 0 bridgehead atoms. The van der Waals surface area contributed by atoms with Crippen LogP contribution in [0.5, 0.6) is 5.19 Å². The highest BCUT2D eigenvalue weighted by Gasteiger charge is 2.22. The minimum atomic E-state index is -3.75. The van der Waals surface area contributed by atoms with E-state index in [1.54, 1.807) is 17.5 Å². The quantitative estimate of drug-likeness (QED) is 0.187. The first kappa shape index (κ1) is 26.0. The standard InChI is InChI=1S/C19H17N2S.C10H9NO3S2/c1-20-12-11-14(15-7-3-4-8-16(15)20)13-19-21(2)17-9-5-6-10-18(17)22-19;1-8-2-4-9(5-3-8)16(12,13)14-10-11-6-7-15-10/h3-13H,1-2H3;2-7H,1H3/q+1;. The summed E-state index contributed by atoms with van der Waals surface area (Å²) in [7, 11) is 0.471. The number of benzene rings is 3. The number of aromatic nitrogens is 2. The van der Waals surface area contributed by atoms with Gasteiger partial charge in [0.15, 0.2) is 6.20 Å². The average molecular weight is 561 g/mol. The van der Waals surface area contributed by atoms with Crippen LogP contribution in [0.4, 0.5) is 5.69 Å². The molecule has 0 unspecified atom stereocenters. The highest BCUT2D eigenvalue weighted by Crippen LogP contribution is 2.45. The maximum absolute atomic E-state index is 11.8. The molecule has 1 aliphatic rings. The Balaban J connectivity index is 0.000000163. The van der Waals surface area contributed by atoms with Crippen molar-refractivity contribution in [2.75, 3.05) is 11.9 Å². The lowest BCUT2D eigenvalue weighted by Gasteiger charge is -2.13. The van der Waals surface area contributed by atoms with Crippen molar-refractivity contribution in [2.45, 2.75) is 16.7 Å². The van der Waals surface area contributed by atoms with Crippen LogP contribution < -0.4 is 13.7 Å². The van der Waals surface area contributed by atoms with Crippen LogP contribution in [-0.4, -0.2) is 20.4 Å². The largest absolute Gasteiger partial charge is 0.348 e. The van der Waals surface area contributed by atoms with E-state index in [2.05, 4.69) is 95.4 Å². The molecular formula is C29H26N3O3S3+. The van der Waals surface area contributed by atoms with Crippen molar-refractivity contribution in [1.82, 2.24) is 4.98 Å². The number of fused-ring (bicyclic) bond motifs is 2. The molecule has 0 N–H and O–H groups in total. The SMILES string of the molecule is CN1C(=Cc2cc[n+](C)c3ccccc23)Sc2ccccc21.Cc1ccc(S(=O)(=O)Oc2nccs2)cc1. The van der Waals surface area contributed by atoms with Gasteiger partial charge in [0.2, 0.25) is 5.52 Å². The monoisotopic (exact) mass is 560 g/mol. The Labute approximate surface area is 231 Å². The molecule has 0 radical (unpaired) electrons. The molecule has 9 heteroatoms. The molecule has 2 aromatic heterocycles. The van der Waals surface area contributed by atoms with Crippen LogP contribution in [0.2, 0.25) is 0 Å². The van der Waals surface area contributed by atoms with Crippen LogP contribution >= 0.6 is 23.1 Å². The second-order valence-corrected chi connectivity index (χ2v) is 12.1. The highest BCUT2D eigenvalue weighted by atomic mass is 32.2. The van der Waals surface area contributed by atoms with Crippen molar-refractivity contribution in [3.8, 4) is 5.19 Å². The Hall–Kier alpha value is -3.66. The molecular weight excluding hydrogens is 535 g/mol. The summed E-state index contributed by atoms with van der Waals surface area (Å²) in [5, 5.41) is 4.32. The molecule has 1 aliphatic heterocycles. The molecule has 192 valence electrons. The summed E-state index contributed by atoms with van der Waals surface area (Å²) in [6, 6.07) is 25.7. The molecule has 3 heterocycles. The summed E-state index contributed by atoms with van der Waals surface area (Å²) >= 11 is 2.97. The van der Waals surface area contributed by atoms with Crippen LogP contribution in [0.1, 0.15) is 11.1 Å². The summed E-state index contributed by atoms with van der Waals surface area (Å²) in [4.78, 5) is 7.48. The molecule has 0 atom stereocenters. The zero-order valence-corrected chi connectivity index (χ0v) is 23.6. The molecule has 0 amide bonds. The lowest BCUT2D eigenvalue weighted by atomic mass is 10.1. The summed E-state index contributed by atoms with van der Waals surface area (Å²) < 4.78 is 30.5. The smallest absolute Gasteiger partial charge is 0.341 e. The molecule has 0 fully saturated rings. The third-order valence-corrected chi connectivity index (χ3v) is 9.17. The first-order chi connectivity index (χ1) is 18.3. The lowest BCUT2D eigenvalue weighted by Crippen LogP contribution is -2.28. The van der Waals surface area contributed by atoms with Gasteiger partial charge >= 0.3 is 10.1 Å². The number of hydrogen-bond acceptors (Lipinski definition) is 7. The van der Waals surface area contributed by atoms with E-state index in [0.717, 1.165) is 16.9 Å². The fraction of sp³-hybridized carbons (Fsp3) is 0.103. The van der Waals surface area contributed by atoms with Crippen molar-refractivity contribution in [3.05, 3.63) is 113 Å². The topological polar surface area (TPSA) is 63.4 Å². The average Bonchev–Trinajstić information content (AvgIpc) is 3.54. The van der Waals surface area contributed by atoms with E-state index in [-0.39, 0.29) is 10.1 Å². The Kier molecular flexibility index (Phi) is 7.51. The number of thioether (sulfide) groups is 1. The number of para-hydroxylation sites is 2. The lowest BCUT2D eigenvalue weighted by molar-refractivity contribution is -0.644. The van der Waals surface area contributed by atoms with Gasteiger partial charge in [-0.3, -0.25) is 0 Å². The molecule has 5 aromatic rings. The summed E-state index contributed by atoms with van der Waals surface area (Å²) in [5.74, 6) is 0. The Morgan fingerprint density at radius 1 is 0.974 bits per heavy atom. The van der Waals surface area contributed by atoms with E-state index in [1.165, 1.54) is 50.4 Å². The van der Waals surface area contributed by atoms with Gasteiger partial charge in [-0.1, -0.05) is 65.1 Å². The van der Waals surface area contributed by atoms with Gasteiger partial charge in [-0.2, -0.15) is 8.42 Å². The minimum Gasteiger partial charge on any atom is -0.348 e. The van der Waals surface area contributed by atoms with Crippen molar-refractivity contribution in [1.29, 1.82) is 0 Å². The molecule has 6 rings (SSSR count). The van der Waals surface area contributed by atoms with Gasteiger partial charge in [-0.05, 0) is 48.9 Å². The van der Waals surface area contributed by atoms with E-state index >= 15 is 0 Å². The number of pyridine rings is 1. The molecule has 38 heavy (non-hydrogen) atoms. The van der Waals surface area contributed by atoms with E-state index in [4.69, 9.17) is 4.18 Å². The van der Waals surface area contributed by atoms with E-state index in [9.17, 15) is 8.42 Å². The fourth-order valence-corrected chi connectivity index (χ4v) is 6.68. The predicted molar refractivity (Wildman–Crippen MR) is 155 cm³/mol. The van der Waals surface area contributed by atoms with Gasteiger partial charge in [0.05, 0.1) is 16.1 Å². The first-order valence-corrected chi connectivity index (χ1v) is 14.9. The number of thiazole rings is 1. The maximum atomic E-state index is 11.8. The number of nitrogens with zero attached hydrogens (tertiary/aromatic N) is 3. The number of rotatable bonds is 4. The second-order valence-electron chi connectivity index (χ2n) is 8.66. The number of anilines is 1. The third kappa shape index (κ3) is 5.60. The van der Waals surface area contributed by atoms with Crippen LogP contribution in [0, 0.1) is 6.92 Å². The number of aryl methyl sites for hydroxylation is 2. The minimum absolute atomic E-state index is 0.126. The van der Waals surface area contributed by atoms with Gasteiger partial charge in [0, 0.05) is 35.7 Å². The van der Waals surface area contributed by atoms with Crippen molar-refractivity contribution in [3.63, 3.8) is 0 Å². The van der Waals surface area contributed by atoms with Crippen LogP contribution in [-0.2, 0) is 17.2 Å². The fourth-order valence-electron chi connectivity index (χ4n) is 3.99. The normalized spacial score (nSPS) is 13.8. The summed E-state index contributed by atoms with van der Waals surface area (Å²) in [6.07, 6.45) is 5.90. The van der Waals surface area contributed by atoms with Crippen molar-refractivity contribution >= 4 is 55.9 Å². The van der Waals surface area contributed by atoms with Gasteiger partial charge in [0.1, 0.15) is 11.9 Å². The zero-order chi connectivity index (χ0) is 26.7. The maximum Gasteiger partial charge on any atom is 0.341 e. The molecule has 0 saturated carbocycles. The number of hydrogen-bond donors (Lipinski definition) is 0. The van der Waals surface area contributed by atoms with Gasteiger partial charge in [-0.25, -0.2) is 9.55 Å². The van der Waals surface area contributed by atoms with E-state index in [1.807, 2.05) is 18.7 Å². The Bertz CT molecular complexity index is 1720. The van der Waals surface area contributed by atoms with Crippen molar-refractivity contribution in [2.24, 2.45) is 7.05 Å². The van der Waals surface area contributed by atoms with Gasteiger partial charge in [0.25, 0.3) is 5.19 Å². The van der Waals surface area contributed by atoms with Gasteiger partial charge < -0.3 is 9.08 Å². The van der Waals surface area contributed by atoms with E-state index in [0.29, 0.717) is 0 Å². The van der Waals surface area contributed by atoms with Crippen LogP contribution in [0.15, 0.2) is 111 Å². The molecule has 0 spiro atoms. The third-order valence-electron chi connectivity index (χ3n) is 6.02. The first-order valence-electron chi connectivity index (χ1n) is 11.8. The molecule has 6 nitrogen and oxygen atoms in total. The Morgan fingerprint density at radius 3 is 2.45 bits per heavy atom. The van der Waals surface area contributed by atoms with Gasteiger partial charge in [-0.15, -0.1) is 0 Å². The van der Waals surface area contributed by atoms with Crippen LogP contribution in [0.25, 0.3) is 17.0 Å². The molecule has 3 aromatic carbocycles. The molecule has 0 aliphatic carbocycles. The summed E-state index contributed by atoms with van der Waals surface area (Å²) in [6.45, 7) is 1.89.